The lowest BCUT2D eigenvalue weighted by Gasteiger charge is -2.14. The van der Waals surface area contributed by atoms with Crippen LogP contribution in [0.25, 0.3) is 0 Å². The van der Waals surface area contributed by atoms with Gasteiger partial charge in [-0.1, -0.05) is 19.9 Å². The molecule has 0 fully saturated rings. The van der Waals surface area contributed by atoms with Gasteiger partial charge in [0.15, 0.2) is 0 Å². The van der Waals surface area contributed by atoms with Crippen molar-refractivity contribution in [2.45, 2.75) is 50.3 Å². The number of hydrogen-bond donors (Lipinski definition) is 2. The van der Waals surface area contributed by atoms with E-state index in [4.69, 9.17) is 0 Å². The smallest absolute Gasteiger partial charge is 0.313 e. The third-order valence-corrected chi connectivity index (χ3v) is 5.08. The predicted octanol–water partition coefficient (Wildman–Crippen LogP) is 4.25. The van der Waals surface area contributed by atoms with Crippen molar-refractivity contribution in [3.05, 3.63) is 54.4 Å². The molecule has 0 bridgehead atoms. The summed E-state index contributed by atoms with van der Waals surface area (Å²) >= 11 is 1.69. The number of hydrogen-bond acceptors (Lipinski definition) is 4. The molecule has 0 aliphatic carbocycles. The van der Waals surface area contributed by atoms with Crippen LogP contribution in [0.4, 0.5) is 5.69 Å². The van der Waals surface area contributed by atoms with E-state index in [0.29, 0.717) is 11.6 Å². The molecular formula is C21H27N3O2S. The van der Waals surface area contributed by atoms with Crippen molar-refractivity contribution < 1.29 is 9.59 Å². The van der Waals surface area contributed by atoms with E-state index in [1.54, 1.807) is 30.1 Å². The normalized spacial score (nSPS) is 11.9. The molecule has 0 saturated heterocycles. The maximum atomic E-state index is 12.0. The number of thioether (sulfide) groups is 1. The molecule has 2 aromatic rings. The first-order chi connectivity index (χ1) is 12.9. The molecule has 1 unspecified atom stereocenters. The highest BCUT2D eigenvalue weighted by Crippen LogP contribution is 2.23. The Kier molecular flexibility index (Phi) is 8.33. The number of carbonyl (C=O) groups is 2. The molecule has 1 atom stereocenters. The average Bonchev–Trinajstić information content (AvgIpc) is 2.66. The summed E-state index contributed by atoms with van der Waals surface area (Å²) in [6, 6.07) is 11.4. The number of carbonyl (C=O) groups excluding carboxylic acids is 2. The predicted molar refractivity (Wildman–Crippen MR) is 111 cm³/mol. The summed E-state index contributed by atoms with van der Waals surface area (Å²) in [5.41, 5.74) is 1.76. The van der Waals surface area contributed by atoms with Crippen LogP contribution in [0.3, 0.4) is 0 Å². The number of pyridine rings is 1. The van der Waals surface area contributed by atoms with Gasteiger partial charge in [0.1, 0.15) is 0 Å². The summed E-state index contributed by atoms with van der Waals surface area (Å²) in [5, 5.41) is 5.39. The van der Waals surface area contributed by atoms with Crippen LogP contribution in [-0.4, -0.2) is 22.8 Å². The Balaban J connectivity index is 1.79. The number of nitrogens with one attached hydrogen (secondary N) is 2. The van der Waals surface area contributed by atoms with Gasteiger partial charge in [-0.05, 0) is 61.6 Å². The van der Waals surface area contributed by atoms with Crippen molar-refractivity contribution in [1.82, 2.24) is 10.3 Å². The molecule has 6 heteroatoms. The summed E-state index contributed by atoms with van der Waals surface area (Å²) in [6.07, 6.45) is 5.48. The first-order valence-corrected chi connectivity index (χ1v) is 10.2. The highest BCUT2D eigenvalue weighted by Gasteiger charge is 2.16. The Morgan fingerprint density at radius 1 is 1.04 bits per heavy atom. The van der Waals surface area contributed by atoms with E-state index in [1.165, 1.54) is 0 Å². The van der Waals surface area contributed by atoms with Gasteiger partial charge in [-0.15, -0.1) is 11.8 Å². The number of anilines is 1. The Bertz CT molecular complexity index is 733. The van der Waals surface area contributed by atoms with E-state index in [1.807, 2.05) is 37.4 Å². The van der Waals surface area contributed by atoms with Gasteiger partial charge in [0.25, 0.3) is 0 Å². The molecular weight excluding hydrogens is 358 g/mol. The minimum Gasteiger partial charge on any atom is -0.345 e. The van der Waals surface area contributed by atoms with E-state index in [2.05, 4.69) is 29.5 Å². The Hall–Kier alpha value is -2.34. The third kappa shape index (κ3) is 7.83. The van der Waals surface area contributed by atoms with Crippen LogP contribution in [0.2, 0.25) is 0 Å². The highest BCUT2D eigenvalue weighted by molar-refractivity contribution is 7.98. The Morgan fingerprint density at radius 3 is 2.41 bits per heavy atom. The van der Waals surface area contributed by atoms with Crippen molar-refractivity contribution in [3.8, 4) is 0 Å². The summed E-state index contributed by atoms with van der Waals surface area (Å²) < 4.78 is 0. The minimum absolute atomic E-state index is 0.0168. The van der Waals surface area contributed by atoms with Crippen LogP contribution in [0.1, 0.15) is 39.2 Å². The van der Waals surface area contributed by atoms with E-state index in [-0.39, 0.29) is 6.04 Å². The molecule has 2 N–H and O–H groups in total. The van der Waals surface area contributed by atoms with E-state index >= 15 is 0 Å². The fourth-order valence-corrected chi connectivity index (χ4v) is 3.25. The molecule has 5 nitrogen and oxygen atoms in total. The lowest BCUT2D eigenvalue weighted by Crippen LogP contribution is -2.40. The van der Waals surface area contributed by atoms with Crippen LogP contribution in [0.5, 0.6) is 0 Å². The van der Waals surface area contributed by atoms with Gasteiger partial charge in [-0.25, -0.2) is 0 Å². The zero-order valence-corrected chi connectivity index (χ0v) is 16.9. The lowest BCUT2D eigenvalue weighted by molar-refractivity contribution is -0.136. The number of aromatic nitrogens is 1. The van der Waals surface area contributed by atoms with Crippen LogP contribution in [-0.2, 0) is 15.3 Å². The molecule has 2 rings (SSSR count). The van der Waals surface area contributed by atoms with E-state index < -0.39 is 11.8 Å². The van der Waals surface area contributed by atoms with Gasteiger partial charge >= 0.3 is 11.8 Å². The lowest BCUT2D eigenvalue weighted by atomic mass is 10.0. The Labute approximate surface area is 165 Å². The van der Waals surface area contributed by atoms with Crippen molar-refractivity contribution in [2.24, 2.45) is 5.92 Å². The molecule has 27 heavy (non-hydrogen) atoms. The minimum atomic E-state index is -0.637. The molecule has 0 radical (unpaired) electrons. The van der Waals surface area contributed by atoms with Crippen molar-refractivity contribution in [3.63, 3.8) is 0 Å². The molecule has 0 spiro atoms. The van der Waals surface area contributed by atoms with Crippen LogP contribution < -0.4 is 10.6 Å². The summed E-state index contributed by atoms with van der Waals surface area (Å²) in [6.45, 7) is 6.20. The zero-order chi connectivity index (χ0) is 19.6. The third-order valence-electron chi connectivity index (χ3n) is 4.00. The summed E-state index contributed by atoms with van der Waals surface area (Å²) in [4.78, 5) is 29.2. The molecule has 1 heterocycles. The standard InChI is InChI=1S/C21H27N3O2S/c1-15(2)6-7-16(3)23-20(25)21(26)24-18-8-10-19(11-9-18)27-14-17-5-4-12-22-13-17/h4-5,8-13,15-16H,6-7,14H2,1-3H3,(H,23,25)(H,24,26). The van der Waals surface area contributed by atoms with E-state index in [0.717, 1.165) is 29.1 Å². The topological polar surface area (TPSA) is 71.1 Å². The molecule has 0 aliphatic rings. The fraction of sp³-hybridized carbons (Fsp3) is 0.381. The first-order valence-electron chi connectivity index (χ1n) is 9.17. The van der Waals surface area contributed by atoms with Crippen LogP contribution >= 0.6 is 11.8 Å². The van der Waals surface area contributed by atoms with Gasteiger partial charge in [-0.3, -0.25) is 14.6 Å². The van der Waals surface area contributed by atoms with Gasteiger partial charge in [0.05, 0.1) is 0 Å². The Morgan fingerprint density at radius 2 is 1.78 bits per heavy atom. The first kappa shape index (κ1) is 21.0. The average molecular weight is 386 g/mol. The van der Waals surface area contributed by atoms with Gasteiger partial charge in [0.2, 0.25) is 0 Å². The number of amides is 2. The molecule has 0 aliphatic heterocycles. The number of nitrogens with zero attached hydrogens (tertiary/aromatic N) is 1. The second kappa shape index (κ2) is 10.7. The van der Waals surface area contributed by atoms with Crippen molar-refractivity contribution >= 4 is 29.3 Å². The molecule has 144 valence electrons. The highest BCUT2D eigenvalue weighted by atomic mass is 32.2. The maximum Gasteiger partial charge on any atom is 0.313 e. The molecule has 0 saturated carbocycles. The maximum absolute atomic E-state index is 12.0. The monoisotopic (exact) mass is 385 g/mol. The molecule has 1 aromatic heterocycles. The SMILES string of the molecule is CC(C)CCC(C)NC(=O)C(=O)Nc1ccc(SCc2cccnc2)cc1. The van der Waals surface area contributed by atoms with Crippen LogP contribution in [0, 0.1) is 5.92 Å². The van der Waals surface area contributed by atoms with Crippen molar-refractivity contribution in [2.75, 3.05) is 5.32 Å². The zero-order valence-electron chi connectivity index (χ0n) is 16.1. The molecule has 2 amide bonds. The largest absolute Gasteiger partial charge is 0.345 e. The second-order valence-corrected chi connectivity index (χ2v) is 8.02. The van der Waals surface area contributed by atoms with Gasteiger partial charge in [0, 0.05) is 34.8 Å². The number of benzene rings is 1. The summed E-state index contributed by atoms with van der Waals surface area (Å²) in [5.74, 6) is 0.173. The number of rotatable bonds is 8. The summed E-state index contributed by atoms with van der Waals surface area (Å²) in [7, 11) is 0. The quantitative estimate of drug-likeness (QED) is 0.526. The van der Waals surface area contributed by atoms with Gasteiger partial charge in [-0.2, -0.15) is 0 Å². The van der Waals surface area contributed by atoms with Crippen LogP contribution in [0.15, 0.2) is 53.7 Å². The van der Waals surface area contributed by atoms with E-state index in [9.17, 15) is 9.59 Å². The molecule has 1 aromatic carbocycles. The van der Waals surface area contributed by atoms with Gasteiger partial charge < -0.3 is 10.6 Å². The van der Waals surface area contributed by atoms with Crippen molar-refractivity contribution in [1.29, 1.82) is 0 Å². The fourth-order valence-electron chi connectivity index (χ4n) is 2.42. The second-order valence-electron chi connectivity index (χ2n) is 6.97.